The number of amides is 1. The normalized spacial score (nSPS) is 17.4. The van der Waals surface area contributed by atoms with E-state index in [1.165, 1.54) is 20.7 Å². The first kappa shape index (κ1) is 20.4. The third kappa shape index (κ3) is 4.76. The highest BCUT2D eigenvalue weighted by Crippen LogP contribution is 2.20. The van der Waals surface area contributed by atoms with Gasteiger partial charge in [0, 0.05) is 25.3 Å². The quantitative estimate of drug-likeness (QED) is 0.804. The summed E-state index contributed by atoms with van der Waals surface area (Å²) in [4.78, 5) is 12.5. The Labute approximate surface area is 165 Å². The number of rotatable bonds is 6. The molecule has 1 amide bonds. The van der Waals surface area contributed by atoms with E-state index >= 15 is 0 Å². The maximum Gasteiger partial charge on any atom is 0.282 e. The Morgan fingerprint density at radius 1 is 1.07 bits per heavy atom. The van der Waals surface area contributed by atoms with E-state index in [0.29, 0.717) is 30.8 Å². The van der Waals surface area contributed by atoms with Gasteiger partial charge in [-0.1, -0.05) is 37.3 Å². The van der Waals surface area contributed by atoms with Crippen LogP contribution in [0.4, 0.5) is 10.1 Å². The lowest BCUT2D eigenvalue weighted by molar-refractivity contribution is -0.116. The molecule has 1 saturated heterocycles. The van der Waals surface area contributed by atoms with Crippen LogP contribution in [0.3, 0.4) is 0 Å². The summed E-state index contributed by atoms with van der Waals surface area (Å²) in [5, 5.41) is 2.81. The van der Waals surface area contributed by atoms with Crippen molar-refractivity contribution in [3.63, 3.8) is 0 Å². The van der Waals surface area contributed by atoms with Crippen molar-refractivity contribution in [1.29, 1.82) is 0 Å². The molecule has 0 aliphatic carbocycles. The molecule has 0 unspecified atom stereocenters. The Morgan fingerprint density at radius 2 is 1.75 bits per heavy atom. The first-order valence-corrected chi connectivity index (χ1v) is 10.7. The van der Waals surface area contributed by atoms with Crippen LogP contribution in [0, 0.1) is 5.82 Å². The first-order chi connectivity index (χ1) is 13.4. The third-order valence-electron chi connectivity index (χ3n) is 4.73. The zero-order chi connectivity index (χ0) is 20.1. The predicted octanol–water partition coefficient (Wildman–Crippen LogP) is 2.78. The fourth-order valence-electron chi connectivity index (χ4n) is 3.23. The maximum atomic E-state index is 13.1. The van der Waals surface area contributed by atoms with Crippen LogP contribution in [0.25, 0.3) is 0 Å². The number of para-hydroxylation sites is 1. The van der Waals surface area contributed by atoms with Crippen LogP contribution in [-0.2, 0) is 28.0 Å². The number of benzene rings is 2. The molecule has 8 heteroatoms. The van der Waals surface area contributed by atoms with Crippen molar-refractivity contribution >= 4 is 21.8 Å². The molecule has 2 aromatic rings. The summed E-state index contributed by atoms with van der Waals surface area (Å²) in [5.74, 6) is -0.732. The van der Waals surface area contributed by atoms with E-state index in [2.05, 4.69) is 5.32 Å². The van der Waals surface area contributed by atoms with E-state index in [1.54, 1.807) is 12.1 Å². The third-order valence-corrected chi connectivity index (χ3v) is 6.66. The van der Waals surface area contributed by atoms with Crippen LogP contribution < -0.4 is 5.32 Å². The number of anilines is 1. The molecule has 1 aliphatic heterocycles. The van der Waals surface area contributed by atoms with E-state index < -0.39 is 10.2 Å². The molecule has 0 saturated carbocycles. The second-order valence-electron chi connectivity index (χ2n) is 6.71. The first-order valence-electron chi connectivity index (χ1n) is 9.27. The van der Waals surface area contributed by atoms with Crippen LogP contribution >= 0.6 is 0 Å². The number of aryl methyl sites for hydroxylation is 1. The Kier molecular flexibility index (Phi) is 6.43. The van der Waals surface area contributed by atoms with Crippen LogP contribution in [0.15, 0.2) is 48.5 Å². The highest BCUT2D eigenvalue weighted by molar-refractivity contribution is 7.86. The van der Waals surface area contributed by atoms with Crippen LogP contribution in [0.5, 0.6) is 0 Å². The van der Waals surface area contributed by atoms with Gasteiger partial charge in [0.2, 0.25) is 5.91 Å². The van der Waals surface area contributed by atoms with Crippen molar-refractivity contribution < 1.29 is 17.6 Å². The van der Waals surface area contributed by atoms with Gasteiger partial charge in [0.1, 0.15) is 5.82 Å². The van der Waals surface area contributed by atoms with E-state index in [1.807, 2.05) is 31.2 Å². The number of halogens is 1. The largest absolute Gasteiger partial charge is 0.325 e. The Balaban J connectivity index is 1.67. The molecular weight excluding hydrogens is 381 g/mol. The van der Waals surface area contributed by atoms with E-state index in [9.17, 15) is 17.6 Å². The van der Waals surface area contributed by atoms with E-state index in [-0.39, 0.29) is 24.8 Å². The summed E-state index contributed by atoms with van der Waals surface area (Å²) in [5.41, 5.74) is 2.40. The zero-order valence-corrected chi connectivity index (χ0v) is 16.6. The number of carbonyl (C=O) groups is 1. The SMILES string of the molecule is CCc1ccccc1NC(=O)CN1CCCN(Cc2ccc(F)cc2)S1(=O)=O. The number of hydrogen-bond donors (Lipinski definition) is 1. The van der Waals surface area contributed by atoms with Gasteiger partial charge in [-0.25, -0.2) is 4.39 Å². The van der Waals surface area contributed by atoms with Crippen molar-refractivity contribution in [1.82, 2.24) is 8.61 Å². The summed E-state index contributed by atoms with van der Waals surface area (Å²) < 4.78 is 41.4. The lowest BCUT2D eigenvalue weighted by Crippen LogP contribution is -2.51. The van der Waals surface area contributed by atoms with Crippen molar-refractivity contribution in [3.05, 3.63) is 65.5 Å². The van der Waals surface area contributed by atoms with Gasteiger partial charge in [0.05, 0.1) is 6.54 Å². The van der Waals surface area contributed by atoms with E-state index in [4.69, 9.17) is 0 Å². The monoisotopic (exact) mass is 405 g/mol. The minimum Gasteiger partial charge on any atom is -0.325 e. The summed E-state index contributed by atoms with van der Waals surface area (Å²) >= 11 is 0. The van der Waals surface area contributed by atoms with Gasteiger partial charge in [0.25, 0.3) is 10.2 Å². The van der Waals surface area contributed by atoms with Gasteiger partial charge < -0.3 is 5.32 Å². The molecule has 0 bridgehead atoms. The Morgan fingerprint density at radius 3 is 2.46 bits per heavy atom. The lowest BCUT2D eigenvalue weighted by Gasteiger charge is -2.34. The molecule has 1 fully saturated rings. The van der Waals surface area contributed by atoms with Crippen LogP contribution in [0.1, 0.15) is 24.5 Å². The fourth-order valence-corrected chi connectivity index (χ4v) is 4.87. The molecule has 0 spiro atoms. The molecule has 1 aliphatic rings. The fraction of sp³-hybridized carbons (Fsp3) is 0.350. The topological polar surface area (TPSA) is 69.7 Å². The van der Waals surface area contributed by atoms with Gasteiger partial charge in [-0.05, 0) is 42.2 Å². The predicted molar refractivity (Wildman–Crippen MR) is 106 cm³/mol. The molecule has 1 N–H and O–H groups in total. The van der Waals surface area contributed by atoms with Crippen LogP contribution in [-0.4, -0.2) is 42.6 Å². The molecule has 28 heavy (non-hydrogen) atoms. The Bertz CT molecular complexity index is 932. The van der Waals surface area contributed by atoms with Gasteiger partial charge in [-0.3, -0.25) is 4.79 Å². The molecular formula is C20H24FN3O3S. The highest BCUT2D eigenvalue weighted by atomic mass is 32.2. The molecule has 1 heterocycles. The van der Waals surface area contributed by atoms with Gasteiger partial charge in [-0.15, -0.1) is 0 Å². The number of nitrogens with one attached hydrogen (secondary N) is 1. The van der Waals surface area contributed by atoms with Crippen LogP contribution in [0.2, 0.25) is 0 Å². The summed E-state index contributed by atoms with van der Waals surface area (Å²) in [6.07, 6.45) is 1.39. The van der Waals surface area contributed by atoms with Crippen molar-refractivity contribution in [3.8, 4) is 0 Å². The molecule has 0 aromatic heterocycles. The van der Waals surface area contributed by atoms with Gasteiger partial charge >= 0.3 is 0 Å². The van der Waals surface area contributed by atoms with Crippen molar-refractivity contribution in [2.45, 2.75) is 26.3 Å². The number of hydrogen-bond acceptors (Lipinski definition) is 3. The van der Waals surface area contributed by atoms with E-state index in [0.717, 1.165) is 12.0 Å². The lowest BCUT2D eigenvalue weighted by atomic mass is 10.1. The second-order valence-corrected chi connectivity index (χ2v) is 8.64. The summed E-state index contributed by atoms with van der Waals surface area (Å²) in [6.45, 7) is 2.58. The average Bonchev–Trinajstić information content (AvgIpc) is 2.67. The minimum atomic E-state index is -3.76. The van der Waals surface area contributed by atoms with Crippen molar-refractivity contribution in [2.75, 3.05) is 25.0 Å². The van der Waals surface area contributed by atoms with Gasteiger partial charge in [-0.2, -0.15) is 17.0 Å². The molecule has 150 valence electrons. The molecule has 3 rings (SSSR count). The maximum absolute atomic E-state index is 13.1. The summed E-state index contributed by atoms with van der Waals surface area (Å²) in [7, 11) is -3.76. The number of carbonyl (C=O) groups excluding carboxylic acids is 1. The molecule has 0 atom stereocenters. The highest BCUT2D eigenvalue weighted by Gasteiger charge is 2.34. The molecule has 6 nitrogen and oxygen atoms in total. The average molecular weight is 405 g/mol. The smallest absolute Gasteiger partial charge is 0.282 e. The Hall–Kier alpha value is -2.29. The van der Waals surface area contributed by atoms with Crippen molar-refractivity contribution in [2.24, 2.45) is 0 Å². The second kappa shape index (κ2) is 8.81. The summed E-state index contributed by atoms with van der Waals surface area (Å²) in [6, 6.07) is 13.2. The number of nitrogens with zero attached hydrogens (tertiary/aromatic N) is 2. The standard InChI is InChI=1S/C20H24FN3O3S/c1-2-17-6-3-4-7-19(17)22-20(25)15-24-13-5-12-23(28(24,26)27)14-16-8-10-18(21)11-9-16/h3-4,6-11H,2,5,12-15H2,1H3,(H,22,25). The molecule has 2 aromatic carbocycles. The zero-order valence-electron chi connectivity index (χ0n) is 15.8. The molecule has 0 radical (unpaired) electrons. The van der Waals surface area contributed by atoms with Gasteiger partial charge in [0.15, 0.2) is 0 Å². The minimum absolute atomic E-state index is 0.152.